The molecule has 1 N–H and O–H groups in total. The van der Waals surface area contributed by atoms with E-state index in [4.69, 9.17) is 0 Å². The summed E-state index contributed by atoms with van der Waals surface area (Å²) in [6.45, 7) is 3.22. The third kappa shape index (κ3) is 2.01. The molecule has 2 nitrogen and oxygen atoms in total. The van der Waals surface area contributed by atoms with Crippen LogP contribution < -0.4 is 5.32 Å². The highest BCUT2D eigenvalue weighted by Crippen LogP contribution is 2.35. The molecule has 0 unspecified atom stereocenters. The molecule has 1 fully saturated rings. The number of rotatable bonds is 4. The number of hydrogen-bond acceptors (Lipinski definition) is 2. The highest BCUT2D eigenvalue weighted by atomic mass is 15.0. The van der Waals surface area contributed by atoms with Crippen LogP contribution in [0.15, 0.2) is 36.7 Å². The quantitative estimate of drug-likeness (QED) is 0.882. The highest BCUT2D eigenvalue weighted by molar-refractivity contribution is 5.84. The van der Waals surface area contributed by atoms with Gasteiger partial charge in [0.05, 0.1) is 0 Å². The SMILES string of the molecule is CCC1(NCc2cncc3ccccc23)CCC1. The van der Waals surface area contributed by atoms with Gasteiger partial charge in [0.1, 0.15) is 0 Å². The summed E-state index contributed by atoms with van der Waals surface area (Å²) >= 11 is 0. The van der Waals surface area contributed by atoms with Gasteiger partial charge in [-0.3, -0.25) is 4.98 Å². The first-order valence-electron chi connectivity index (χ1n) is 6.90. The Balaban J connectivity index is 1.82. The maximum atomic E-state index is 4.34. The Hall–Kier alpha value is -1.41. The largest absolute Gasteiger partial charge is 0.307 e. The molecule has 1 aromatic heterocycles. The molecule has 1 aliphatic carbocycles. The van der Waals surface area contributed by atoms with Crippen LogP contribution in [0, 0.1) is 0 Å². The second-order valence-corrected chi connectivity index (χ2v) is 5.36. The van der Waals surface area contributed by atoms with Gasteiger partial charge in [-0.15, -0.1) is 0 Å². The zero-order chi connectivity index (χ0) is 12.4. The Morgan fingerprint density at radius 3 is 2.78 bits per heavy atom. The second-order valence-electron chi connectivity index (χ2n) is 5.36. The number of nitrogens with zero attached hydrogens (tertiary/aromatic N) is 1. The van der Waals surface area contributed by atoms with E-state index in [0.29, 0.717) is 5.54 Å². The molecule has 1 aromatic carbocycles. The smallest absolute Gasteiger partial charge is 0.0346 e. The van der Waals surface area contributed by atoms with E-state index in [1.807, 2.05) is 12.4 Å². The zero-order valence-corrected chi connectivity index (χ0v) is 10.9. The van der Waals surface area contributed by atoms with Crippen LogP contribution >= 0.6 is 0 Å². The molecule has 0 spiro atoms. The molecule has 94 valence electrons. The van der Waals surface area contributed by atoms with Crippen molar-refractivity contribution in [1.29, 1.82) is 0 Å². The van der Waals surface area contributed by atoms with Crippen LogP contribution in [0.2, 0.25) is 0 Å². The van der Waals surface area contributed by atoms with Gasteiger partial charge in [0.25, 0.3) is 0 Å². The molecule has 1 saturated carbocycles. The molecule has 2 aromatic rings. The van der Waals surface area contributed by atoms with Gasteiger partial charge < -0.3 is 5.32 Å². The number of nitrogens with one attached hydrogen (secondary N) is 1. The monoisotopic (exact) mass is 240 g/mol. The van der Waals surface area contributed by atoms with E-state index >= 15 is 0 Å². The first kappa shape index (κ1) is 11.7. The molecular formula is C16H20N2. The Kier molecular flexibility index (Phi) is 3.04. The molecular weight excluding hydrogens is 220 g/mol. The predicted molar refractivity (Wildman–Crippen MR) is 75.5 cm³/mol. The summed E-state index contributed by atoms with van der Waals surface area (Å²) < 4.78 is 0. The second kappa shape index (κ2) is 4.69. The van der Waals surface area contributed by atoms with Crippen LogP contribution in [0.4, 0.5) is 0 Å². The average molecular weight is 240 g/mol. The molecule has 1 heterocycles. The Labute approximate surface area is 108 Å². The Bertz CT molecular complexity index is 533. The van der Waals surface area contributed by atoms with Crippen molar-refractivity contribution in [3.63, 3.8) is 0 Å². The van der Waals surface area contributed by atoms with Crippen molar-refractivity contribution >= 4 is 10.8 Å². The lowest BCUT2D eigenvalue weighted by molar-refractivity contribution is 0.175. The van der Waals surface area contributed by atoms with E-state index in [1.165, 1.54) is 42.0 Å². The van der Waals surface area contributed by atoms with Crippen LogP contribution in [0.1, 0.15) is 38.2 Å². The van der Waals surface area contributed by atoms with E-state index in [2.05, 4.69) is 41.5 Å². The lowest BCUT2D eigenvalue weighted by Crippen LogP contribution is -2.49. The van der Waals surface area contributed by atoms with Gasteiger partial charge in [0.15, 0.2) is 0 Å². The Morgan fingerprint density at radius 2 is 2.06 bits per heavy atom. The summed E-state index contributed by atoms with van der Waals surface area (Å²) in [7, 11) is 0. The first-order chi connectivity index (χ1) is 8.83. The molecule has 0 aliphatic heterocycles. The van der Waals surface area contributed by atoms with Gasteiger partial charge in [-0.1, -0.05) is 31.2 Å². The van der Waals surface area contributed by atoms with Crippen molar-refractivity contribution < 1.29 is 0 Å². The van der Waals surface area contributed by atoms with Crippen molar-refractivity contribution in [2.45, 2.75) is 44.7 Å². The van der Waals surface area contributed by atoms with Crippen LogP contribution in [0.3, 0.4) is 0 Å². The van der Waals surface area contributed by atoms with Gasteiger partial charge in [-0.25, -0.2) is 0 Å². The fourth-order valence-electron chi connectivity index (χ4n) is 2.86. The maximum absolute atomic E-state index is 4.34. The molecule has 1 aliphatic rings. The van der Waals surface area contributed by atoms with Gasteiger partial charge >= 0.3 is 0 Å². The Morgan fingerprint density at radius 1 is 1.22 bits per heavy atom. The number of benzene rings is 1. The summed E-state index contributed by atoms with van der Waals surface area (Å²) in [4.78, 5) is 4.34. The predicted octanol–water partition coefficient (Wildman–Crippen LogP) is 3.66. The maximum Gasteiger partial charge on any atom is 0.0346 e. The third-order valence-corrected chi connectivity index (χ3v) is 4.39. The van der Waals surface area contributed by atoms with Crippen molar-refractivity contribution in [1.82, 2.24) is 10.3 Å². The van der Waals surface area contributed by atoms with E-state index in [-0.39, 0.29) is 0 Å². The number of hydrogen-bond donors (Lipinski definition) is 1. The fraction of sp³-hybridized carbons (Fsp3) is 0.438. The molecule has 0 bridgehead atoms. The van der Waals surface area contributed by atoms with Crippen molar-refractivity contribution in [3.8, 4) is 0 Å². The van der Waals surface area contributed by atoms with Gasteiger partial charge in [0, 0.05) is 29.9 Å². The molecule has 0 amide bonds. The van der Waals surface area contributed by atoms with E-state index < -0.39 is 0 Å². The summed E-state index contributed by atoms with van der Waals surface area (Å²) in [5.74, 6) is 0. The summed E-state index contributed by atoms with van der Waals surface area (Å²) in [6.07, 6.45) is 9.18. The summed E-state index contributed by atoms with van der Waals surface area (Å²) in [6, 6.07) is 8.49. The van der Waals surface area contributed by atoms with Gasteiger partial charge in [0.2, 0.25) is 0 Å². The average Bonchev–Trinajstić information content (AvgIpc) is 2.38. The summed E-state index contributed by atoms with van der Waals surface area (Å²) in [5, 5.41) is 6.31. The van der Waals surface area contributed by atoms with Gasteiger partial charge in [-0.2, -0.15) is 0 Å². The molecule has 0 atom stereocenters. The lowest BCUT2D eigenvalue weighted by Gasteiger charge is -2.42. The minimum atomic E-state index is 0.400. The lowest BCUT2D eigenvalue weighted by atomic mass is 9.75. The van der Waals surface area contributed by atoms with E-state index in [9.17, 15) is 0 Å². The standard InChI is InChI=1S/C16H20N2/c1-2-16(8-5-9-16)18-12-14-11-17-10-13-6-3-4-7-15(13)14/h3-4,6-7,10-11,18H,2,5,8-9,12H2,1H3. The van der Waals surface area contributed by atoms with E-state index in [0.717, 1.165) is 6.54 Å². The molecule has 0 saturated heterocycles. The normalized spacial score (nSPS) is 17.6. The minimum Gasteiger partial charge on any atom is -0.307 e. The van der Waals surface area contributed by atoms with Crippen molar-refractivity contribution in [2.75, 3.05) is 0 Å². The minimum absolute atomic E-state index is 0.400. The zero-order valence-electron chi connectivity index (χ0n) is 10.9. The molecule has 2 heteroatoms. The van der Waals surface area contributed by atoms with Crippen LogP contribution in [0.25, 0.3) is 10.8 Å². The van der Waals surface area contributed by atoms with Gasteiger partial charge in [-0.05, 0) is 36.6 Å². The summed E-state index contributed by atoms with van der Waals surface area (Å²) in [5.41, 5.74) is 1.71. The molecule has 3 rings (SSSR count). The third-order valence-electron chi connectivity index (χ3n) is 4.39. The molecule has 18 heavy (non-hydrogen) atoms. The number of fused-ring (bicyclic) bond motifs is 1. The molecule has 0 radical (unpaired) electrons. The first-order valence-corrected chi connectivity index (χ1v) is 6.90. The highest BCUT2D eigenvalue weighted by Gasteiger charge is 2.34. The van der Waals surface area contributed by atoms with Crippen molar-refractivity contribution in [3.05, 3.63) is 42.2 Å². The van der Waals surface area contributed by atoms with Crippen LogP contribution in [-0.2, 0) is 6.54 Å². The number of pyridine rings is 1. The van der Waals surface area contributed by atoms with Crippen LogP contribution in [0.5, 0.6) is 0 Å². The fourth-order valence-corrected chi connectivity index (χ4v) is 2.86. The topological polar surface area (TPSA) is 24.9 Å². The van der Waals surface area contributed by atoms with Crippen molar-refractivity contribution in [2.24, 2.45) is 0 Å². The number of aromatic nitrogens is 1. The van der Waals surface area contributed by atoms with Crippen LogP contribution in [-0.4, -0.2) is 10.5 Å². The van der Waals surface area contributed by atoms with E-state index in [1.54, 1.807) is 0 Å².